The molecule has 0 spiro atoms. The zero-order chi connectivity index (χ0) is 20.4. The van der Waals surface area contributed by atoms with Crippen molar-refractivity contribution in [2.75, 3.05) is 20.3 Å². The Labute approximate surface area is 172 Å². The zero-order valence-electron chi connectivity index (χ0n) is 15.1. The molecular weight excluding hydrogens is 405 g/mol. The molecule has 0 aliphatic heterocycles. The van der Waals surface area contributed by atoms with Gasteiger partial charge in [-0.1, -0.05) is 35.3 Å². The van der Waals surface area contributed by atoms with E-state index in [1.807, 2.05) is 12.1 Å². The summed E-state index contributed by atoms with van der Waals surface area (Å²) < 4.78 is 10.5. The topological polar surface area (TPSA) is 89.0 Å². The van der Waals surface area contributed by atoms with Gasteiger partial charge >= 0.3 is 11.8 Å². The molecular formula is C19H19Cl2N3O4. The lowest BCUT2D eigenvalue weighted by molar-refractivity contribution is -0.139. The Kier molecular flexibility index (Phi) is 8.74. The lowest BCUT2D eigenvalue weighted by Crippen LogP contribution is -2.39. The van der Waals surface area contributed by atoms with Gasteiger partial charge < -0.3 is 14.8 Å². The maximum Gasteiger partial charge on any atom is 0.329 e. The molecule has 0 saturated carbocycles. The van der Waals surface area contributed by atoms with E-state index in [0.717, 1.165) is 5.56 Å². The van der Waals surface area contributed by atoms with Crippen LogP contribution in [0.2, 0.25) is 10.0 Å². The summed E-state index contributed by atoms with van der Waals surface area (Å²) in [6.45, 7) is 0.894. The summed E-state index contributed by atoms with van der Waals surface area (Å²) in [6, 6.07) is 12.3. The maximum absolute atomic E-state index is 11.6. The summed E-state index contributed by atoms with van der Waals surface area (Å²) in [7, 11) is 1.50. The molecule has 9 heteroatoms. The monoisotopic (exact) mass is 423 g/mol. The molecule has 28 heavy (non-hydrogen) atoms. The van der Waals surface area contributed by atoms with E-state index < -0.39 is 11.8 Å². The largest absolute Gasteiger partial charge is 0.487 e. The third-order valence-corrected chi connectivity index (χ3v) is 3.99. The normalized spacial score (nSPS) is 10.7. The first-order valence-electron chi connectivity index (χ1n) is 8.26. The average molecular weight is 424 g/mol. The Bertz CT molecular complexity index is 842. The summed E-state index contributed by atoms with van der Waals surface area (Å²) in [4.78, 5) is 23.0. The van der Waals surface area contributed by atoms with E-state index in [-0.39, 0.29) is 6.54 Å². The minimum atomic E-state index is -0.874. The first-order valence-corrected chi connectivity index (χ1v) is 9.02. The van der Waals surface area contributed by atoms with Crippen LogP contribution in [0.1, 0.15) is 11.1 Å². The third-order valence-electron chi connectivity index (χ3n) is 3.44. The molecule has 0 saturated heterocycles. The highest BCUT2D eigenvalue weighted by Gasteiger charge is 2.11. The fraction of sp³-hybridized carbons (Fsp3) is 0.211. The third kappa shape index (κ3) is 7.19. The van der Waals surface area contributed by atoms with Crippen LogP contribution in [-0.4, -0.2) is 38.3 Å². The van der Waals surface area contributed by atoms with Crippen LogP contribution in [0.5, 0.6) is 5.75 Å². The first kappa shape index (κ1) is 21.7. The van der Waals surface area contributed by atoms with Crippen molar-refractivity contribution in [1.82, 2.24) is 10.7 Å². The zero-order valence-corrected chi connectivity index (χ0v) is 16.6. The number of ether oxygens (including phenoxy) is 2. The minimum Gasteiger partial charge on any atom is -0.487 e. The molecule has 2 N–H and O–H groups in total. The molecule has 0 aromatic heterocycles. The predicted octanol–water partition coefficient (Wildman–Crippen LogP) is 2.79. The van der Waals surface area contributed by atoms with Gasteiger partial charge in [-0.3, -0.25) is 9.59 Å². The van der Waals surface area contributed by atoms with Gasteiger partial charge in [0.25, 0.3) is 0 Å². The number of carbonyl (C=O) groups excluding carboxylic acids is 2. The highest BCUT2D eigenvalue weighted by molar-refractivity contribution is 6.35. The molecule has 0 radical (unpaired) electrons. The van der Waals surface area contributed by atoms with Gasteiger partial charge in [0.15, 0.2) is 0 Å². The fourth-order valence-corrected chi connectivity index (χ4v) is 2.39. The molecule has 0 aliphatic carbocycles. The van der Waals surface area contributed by atoms with E-state index in [0.29, 0.717) is 34.6 Å². The summed E-state index contributed by atoms with van der Waals surface area (Å²) in [5.74, 6) is -1.16. The molecule has 7 nitrogen and oxygen atoms in total. The van der Waals surface area contributed by atoms with E-state index in [9.17, 15) is 9.59 Å². The van der Waals surface area contributed by atoms with Crippen molar-refractivity contribution in [3.05, 3.63) is 63.6 Å². The Balaban J connectivity index is 1.85. The Morgan fingerprint density at radius 3 is 2.54 bits per heavy atom. The number of nitrogens with zero attached hydrogens (tertiary/aromatic N) is 1. The Morgan fingerprint density at radius 1 is 1.11 bits per heavy atom. The van der Waals surface area contributed by atoms with E-state index in [1.165, 1.54) is 13.3 Å². The number of nitrogens with one attached hydrogen (secondary N) is 2. The molecule has 0 bridgehead atoms. The molecule has 0 fully saturated rings. The number of hydrogen-bond acceptors (Lipinski definition) is 5. The molecule has 2 amide bonds. The van der Waals surface area contributed by atoms with E-state index in [1.54, 1.807) is 30.3 Å². The van der Waals surface area contributed by atoms with Crippen LogP contribution in [0.15, 0.2) is 47.6 Å². The number of methoxy groups -OCH3 is 1. The highest BCUT2D eigenvalue weighted by atomic mass is 35.5. The summed E-state index contributed by atoms with van der Waals surface area (Å²) in [5, 5.41) is 7.17. The molecule has 0 unspecified atom stereocenters. The van der Waals surface area contributed by atoms with Crippen LogP contribution in [0.25, 0.3) is 0 Å². The number of rotatable bonds is 8. The van der Waals surface area contributed by atoms with Crippen LogP contribution in [0, 0.1) is 0 Å². The van der Waals surface area contributed by atoms with Crippen molar-refractivity contribution >= 4 is 41.2 Å². The summed E-state index contributed by atoms with van der Waals surface area (Å²) >= 11 is 12.1. The van der Waals surface area contributed by atoms with Crippen molar-refractivity contribution in [3.63, 3.8) is 0 Å². The fourth-order valence-electron chi connectivity index (χ4n) is 2.02. The standard InChI is InChI=1S/C19H19Cl2N3O4/c1-27-9-8-22-18(25)19(26)24-23-11-14-4-7-17(16(21)10-14)28-12-13-2-5-15(20)6-3-13/h2-7,10-11H,8-9,12H2,1H3,(H,22,25)(H,24,26)/b23-11-. The number of halogens is 2. The summed E-state index contributed by atoms with van der Waals surface area (Å²) in [5.41, 5.74) is 3.72. The number of benzene rings is 2. The molecule has 2 rings (SSSR count). The van der Waals surface area contributed by atoms with Crippen molar-refractivity contribution in [2.45, 2.75) is 6.61 Å². The average Bonchev–Trinajstić information content (AvgIpc) is 2.68. The van der Waals surface area contributed by atoms with E-state index in [4.69, 9.17) is 32.7 Å². The number of hydrazone groups is 1. The smallest absolute Gasteiger partial charge is 0.329 e. The minimum absolute atomic E-state index is 0.236. The SMILES string of the molecule is COCCNC(=O)C(=O)N/N=C\c1ccc(OCc2ccc(Cl)cc2)c(Cl)c1. The van der Waals surface area contributed by atoms with Crippen LogP contribution < -0.4 is 15.5 Å². The van der Waals surface area contributed by atoms with Gasteiger partial charge in [0.1, 0.15) is 12.4 Å². The molecule has 0 atom stereocenters. The van der Waals surface area contributed by atoms with Crippen molar-refractivity contribution in [1.29, 1.82) is 0 Å². The van der Waals surface area contributed by atoms with Crippen molar-refractivity contribution in [2.24, 2.45) is 5.10 Å². The van der Waals surface area contributed by atoms with Gasteiger partial charge in [0, 0.05) is 18.7 Å². The number of hydrogen-bond donors (Lipinski definition) is 2. The number of amides is 2. The molecule has 0 aliphatic rings. The van der Waals surface area contributed by atoms with Crippen LogP contribution >= 0.6 is 23.2 Å². The van der Waals surface area contributed by atoms with Crippen LogP contribution in [-0.2, 0) is 20.9 Å². The molecule has 0 heterocycles. The predicted molar refractivity (Wildman–Crippen MR) is 108 cm³/mol. The van der Waals surface area contributed by atoms with Gasteiger partial charge in [-0.05, 0) is 41.5 Å². The van der Waals surface area contributed by atoms with E-state index >= 15 is 0 Å². The van der Waals surface area contributed by atoms with Crippen molar-refractivity contribution in [3.8, 4) is 5.75 Å². The van der Waals surface area contributed by atoms with Crippen molar-refractivity contribution < 1.29 is 19.1 Å². The maximum atomic E-state index is 11.6. The lowest BCUT2D eigenvalue weighted by atomic mass is 10.2. The van der Waals surface area contributed by atoms with Gasteiger partial charge in [-0.15, -0.1) is 0 Å². The Hall–Kier alpha value is -2.61. The molecule has 148 valence electrons. The number of carbonyl (C=O) groups is 2. The Morgan fingerprint density at radius 2 is 1.86 bits per heavy atom. The van der Waals surface area contributed by atoms with Gasteiger partial charge in [-0.25, -0.2) is 5.43 Å². The highest BCUT2D eigenvalue weighted by Crippen LogP contribution is 2.26. The van der Waals surface area contributed by atoms with Gasteiger partial charge in [0.2, 0.25) is 0 Å². The second-order valence-electron chi connectivity index (χ2n) is 5.55. The molecule has 2 aromatic carbocycles. The van der Waals surface area contributed by atoms with Gasteiger partial charge in [-0.2, -0.15) is 5.10 Å². The quantitative estimate of drug-likeness (QED) is 0.295. The molecule has 2 aromatic rings. The second kappa shape index (κ2) is 11.3. The lowest BCUT2D eigenvalue weighted by Gasteiger charge is -2.09. The first-order chi connectivity index (χ1) is 13.5. The van der Waals surface area contributed by atoms with Crippen LogP contribution in [0.4, 0.5) is 0 Å². The van der Waals surface area contributed by atoms with Crippen LogP contribution in [0.3, 0.4) is 0 Å². The van der Waals surface area contributed by atoms with E-state index in [2.05, 4.69) is 15.8 Å². The summed E-state index contributed by atoms with van der Waals surface area (Å²) in [6.07, 6.45) is 1.37. The van der Waals surface area contributed by atoms with Gasteiger partial charge in [0.05, 0.1) is 17.8 Å². The second-order valence-corrected chi connectivity index (χ2v) is 6.40.